The SMILES string of the molecule is CC1(C)C=CC2=C(C1=O)C(O)NNN2c1ccc(C(N)=O)c(NC2CCC(O)CC2)c1. The zero-order valence-corrected chi connectivity index (χ0v) is 17.7. The van der Waals surface area contributed by atoms with Gasteiger partial charge in [0.15, 0.2) is 5.78 Å². The Bertz CT molecular complexity index is 963. The average Bonchev–Trinajstić information content (AvgIpc) is 2.72. The quantitative estimate of drug-likeness (QED) is 0.419. The minimum Gasteiger partial charge on any atom is -0.393 e. The van der Waals surface area contributed by atoms with E-state index in [0.717, 1.165) is 12.8 Å². The van der Waals surface area contributed by atoms with Gasteiger partial charge in [-0.25, -0.2) is 5.43 Å². The molecule has 1 aliphatic heterocycles. The number of allylic oxidation sites excluding steroid dienone is 2. The Morgan fingerprint density at radius 2 is 1.94 bits per heavy atom. The molecule has 0 bridgehead atoms. The molecule has 9 heteroatoms. The largest absolute Gasteiger partial charge is 0.393 e. The third-order valence-corrected chi connectivity index (χ3v) is 6.17. The van der Waals surface area contributed by atoms with Gasteiger partial charge in [-0.05, 0) is 63.8 Å². The van der Waals surface area contributed by atoms with Gasteiger partial charge in [-0.15, -0.1) is 0 Å². The van der Waals surface area contributed by atoms with Crippen LogP contribution in [0.15, 0.2) is 41.6 Å². The second-order valence-electron chi connectivity index (χ2n) is 8.92. The summed E-state index contributed by atoms with van der Waals surface area (Å²) in [7, 11) is 0. The molecule has 7 N–H and O–H groups in total. The monoisotopic (exact) mass is 427 g/mol. The molecule has 4 rings (SSSR count). The van der Waals surface area contributed by atoms with Crippen LogP contribution >= 0.6 is 0 Å². The molecule has 1 saturated carbocycles. The number of nitrogens with zero attached hydrogens (tertiary/aromatic N) is 1. The highest BCUT2D eigenvalue weighted by Crippen LogP contribution is 2.36. The molecule has 166 valence electrons. The van der Waals surface area contributed by atoms with Crippen LogP contribution in [0.1, 0.15) is 49.9 Å². The minimum atomic E-state index is -1.14. The van der Waals surface area contributed by atoms with Crippen LogP contribution in [0.3, 0.4) is 0 Å². The van der Waals surface area contributed by atoms with Gasteiger partial charge in [0, 0.05) is 17.1 Å². The van der Waals surface area contributed by atoms with Crippen molar-refractivity contribution in [1.29, 1.82) is 0 Å². The van der Waals surface area contributed by atoms with Crippen molar-refractivity contribution in [1.82, 2.24) is 11.0 Å². The highest BCUT2D eigenvalue weighted by atomic mass is 16.3. The van der Waals surface area contributed by atoms with Crippen molar-refractivity contribution >= 4 is 23.1 Å². The third kappa shape index (κ3) is 4.09. The summed E-state index contributed by atoms with van der Waals surface area (Å²) < 4.78 is 0. The standard InChI is InChI=1S/C22H29N5O4/c1-22(2)10-9-17-18(19(22)29)21(31)25-26-27(17)13-5-8-15(20(23)30)16(11-13)24-12-3-6-14(28)7-4-12/h5,8-12,14,21,24-26,28,31H,3-4,6-7H2,1-2H3,(H2,23,30). The number of aliphatic hydroxyl groups is 2. The van der Waals surface area contributed by atoms with Crippen LogP contribution in [0.5, 0.6) is 0 Å². The zero-order valence-electron chi connectivity index (χ0n) is 17.7. The molecule has 9 nitrogen and oxygen atoms in total. The van der Waals surface area contributed by atoms with Gasteiger partial charge in [0.2, 0.25) is 0 Å². The summed E-state index contributed by atoms with van der Waals surface area (Å²) in [4.78, 5) is 24.9. The van der Waals surface area contributed by atoms with Gasteiger partial charge in [-0.3, -0.25) is 14.6 Å². The predicted octanol–water partition coefficient (Wildman–Crippen LogP) is 1.07. The number of rotatable bonds is 4. The number of benzene rings is 1. The maximum absolute atomic E-state index is 12.9. The first-order valence-electron chi connectivity index (χ1n) is 10.5. The second-order valence-corrected chi connectivity index (χ2v) is 8.92. The lowest BCUT2D eigenvalue weighted by molar-refractivity contribution is -0.123. The summed E-state index contributed by atoms with van der Waals surface area (Å²) in [5, 5.41) is 25.2. The maximum atomic E-state index is 12.9. The van der Waals surface area contributed by atoms with Crippen LogP contribution in [0, 0.1) is 5.41 Å². The van der Waals surface area contributed by atoms with E-state index in [0.29, 0.717) is 35.5 Å². The highest BCUT2D eigenvalue weighted by Gasteiger charge is 2.40. The molecule has 1 amide bonds. The summed E-state index contributed by atoms with van der Waals surface area (Å²) in [6, 6.07) is 5.28. The lowest BCUT2D eigenvalue weighted by atomic mass is 9.78. The first kappa shape index (κ1) is 21.5. The number of Topliss-reactive ketones (excluding diaryl/α,β-unsaturated/α-hetero) is 1. The Labute approximate surface area is 180 Å². The van der Waals surface area contributed by atoms with E-state index < -0.39 is 17.6 Å². The van der Waals surface area contributed by atoms with Crippen molar-refractivity contribution in [2.45, 2.75) is 57.9 Å². The van der Waals surface area contributed by atoms with E-state index in [1.54, 1.807) is 37.1 Å². The number of hydrogen-bond donors (Lipinski definition) is 6. The molecular formula is C22H29N5O4. The number of anilines is 2. The summed E-state index contributed by atoms with van der Waals surface area (Å²) in [6.45, 7) is 3.61. The summed E-state index contributed by atoms with van der Waals surface area (Å²) in [5.41, 5.74) is 12.9. The number of carbonyl (C=O) groups excluding carboxylic acids is 2. The van der Waals surface area contributed by atoms with Gasteiger partial charge in [0.25, 0.3) is 5.91 Å². The minimum absolute atomic E-state index is 0.123. The smallest absolute Gasteiger partial charge is 0.250 e. The molecule has 1 heterocycles. The zero-order chi connectivity index (χ0) is 22.3. The Morgan fingerprint density at radius 3 is 2.61 bits per heavy atom. The average molecular weight is 428 g/mol. The van der Waals surface area contributed by atoms with Crippen molar-refractivity contribution in [3.8, 4) is 0 Å². The third-order valence-electron chi connectivity index (χ3n) is 6.17. The molecule has 0 radical (unpaired) electrons. The van der Waals surface area contributed by atoms with Crippen LogP contribution in [0.4, 0.5) is 11.4 Å². The van der Waals surface area contributed by atoms with Crippen LogP contribution in [0.2, 0.25) is 0 Å². The highest BCUT2D eigenvalue weighted by molar-refractivity contribution is 6.04. The van der Waals surface area contributed by atoms with Crippen LogP contribution in [0.25, 0.3) is 0 Å². The fourth-order valence-corrected chi connectivity index (χ4v) is 4.28. The number of nitrogens with one attached hydrogen (secondary N) is 3. The van der Waals surface area contributed by atoms with E-state index in [2.05, 4.69) is 16.3 Å². The number of amides is 1. The Balaban J connectivity index is 1.69. The number of hydrogen-bond acceptors (Lipinski definition) is 8. The molecule has 1 aromatic rings. The second kappa shape index (κ2) is 8.08. The van der Waals surface area contributed by atoms with Crippen molar-refractivity contribution in [3.05, 3.63) is 47.2 Å². The van der Waals surface area contributed by atoms with E-state index in [9.17, 15) is 19.8 Å². The number of nitrogens with two attached hydrogens (primary N) is 1. The molecule has 1 fully saturated rings. The Hall–Kier alpha value is -2.72. The summed E-state index contributed by atoms with van der Waals surface area (Å²) in [6.07, 6.45) is 5.20. The topological polar surface area (TPSA) is 140 Å². The number of hydrazine groups is 2. The molecule has 3 aliphatic rings. The number of aliphatic hydroxyl groups excluding tert-OH is 2. The molecule has 31 heavy (non-hydrogen) atoms. The van der Waals surface area contributed by atoms with Crippen LogP contribution in [-0.4, -0.2) is 40.3 Å². The van der Waals surface area contributed by atoms with Crippen molar-refractivity contribution in [2.24, 2.45) is 11.1 Å². The summed E-state index contributed by atoms with van der Waals surface area (Å²) >= 11 is 0. The number of carbonyl (C=O) groups is 2. The molecule has 0 spiro atoms. The van der Waals surface area contributed by atoms with Crippen LogP contribution in [-0.2, 0) is 4.79 Å². The summed E-state index contributed by atoms with van der Waals surface area (Å²) in [5.74, 6) is -0.705. The van der Waals surface area contributed by atoms with Gasteiger partial charge in [0.05, 0.1) is 28.6 Å². The normalized spacial score (nSPS) is 27.8. The van der Waals surface area contributed by atoms with Crippen molar-refractivity contribution in [2.75, 3.05) is 10.3 Å². The molecule has 2 aliphatic carbocycles. The first-order valence-corrected chi connectivity index (χ1v) is 10.5. The molecule has 0 saturated heterocycles. The van der Waals surface area contributed by atoms with E-state index >= 15 is 0 Å². The van der Waals surface area contributed by atoms with Gasteiger partial charge in [0.1, 0.15) is 6.23 Å². The van der Waals surface area contributed by atoms with Gasteiger partial charge < -0.3 is 21.3 Å². The lowest BCUT2D eigenvalue weighted by Crippen LogP contribution is -2.59. The lowest BCUT2D eigenvalue weighted by Gasteiger charge is -2.39. The maximum Gasteiger partial charge on any atom is 0.250 e. The molecular weight excluding hydrogens is 398 g/mol. The van der Waals surface area contributed by atoms with Gasteiger partial charge >= 0.3 is 0 Å². The van der Waals surface area contributed by atoms with Crippen molar-refractivity contribution in [3.63, 3.8) is 0 Å². The van der Waals surface area contributed by atoms with Crippen LogP contribution < -0.4 is 27.0 Å². The van der Waals surface area contributed by atoms with E-state index in [1.807, 2.05) is 12.2 Å². The van der Waals surface area contributed by atoms with Gasteiger partial charge in [-0.1, -0.05) is 6.08 Å². The molecule has 1 atom stereocenters. The first-order chi connectivity index (χ1) is 14.7. The van der Waals surface area contributed by atoms with E-state index in [-0.39, 0.29) is 23.5 Å². The Morgan fingerprint density at radius 1 is 1.23 bits per heavy atom. The fraction of sp³-hybridized carbons (Fsp3) is 0.455. The van der Waals surface area contributed by atoms with E-state index in [4.69, 9.17) is 5.73 Å². The molecule has 1 aromatic carbocycles. The fourth-order valence-electron chi connectivity index (χ4n) is 4.28. The predicted molar refractivity (Wildman–Crippen MR) is 117 cm³/mol. The number of primary amides is 1. The van der Waals surface area contributed by atoms with Gasteiger partial charge in [-0.2, -0.15) is 5.53 Å². The van der Waals surface area contributed by atoms with Crippen molar-refractivity contribution < 1.29 is 19.8 Å². The number of ketones is 1. The van der Waals surface area contributed by atoms with E-state index in [1.165, 1.54) is 0 Å². The molecule has 0 aromatic heterocycles. The Kier molecular flexibility index (Phi) is 5.61. The molecule has 1 unspecified atom stereocenters.